The molecular formula is C40H46O7. The first kappa shape index (κ1) is 33.3. The van der Waals surface area contributed by atoms with Gasteiger partial charge in [0.15, 0.2) is 5.79 Å². The Balaban J connectivity index is 1.17. The quantitative estimate of drug-likeness (QED) is 0.133. The molecule has 0 radical (unpaired) electrons. The fourth-order valence-corrected chi connectivity index (χ4v) is 6.37. The van der Waals surface area contributed by atoms with Crippen molar-refractivity contribution < 1.29 is 33.2 Å². The minimum atomic E-state index is -0.818. The van der Waals surface area contributed by atoms with E-state index in [0.29, 0.717) is 46.1 Å². The Morgan fingerprint density at radius 3 is 1.79 bits per heavy atom. The van der Waals surface area contributed by atoms with Gasteiger partial charge in [0.2, 0.25) is 0 Å². The fourth-order valence-electron chi connectivity index (χ4n) is 6.37. The van der Waals surface area contributed by atoms with Crippen molar-refractivity contribution in [3.8, 4) is 5.75 Å². The third kappa shape index (κ3) is 9.73. The minimum absolute atomic E-state index is 0.0931. The zero-order chi connectivity index (χ0) is 32.2. The van der Waals surface area contributed by atoms with Gasteiger partial charge in [-0.2, -0.15) is 0 Å². The van der Waals surface area contributed by atoms with Crippen LogP contribution in [0, 0.1) is 0 Å². The Bertz CT molecular complexity index is 1450. The highest BCUT2D eigenvalue weighted by molar-refractivity contribution is 5.26. The van der Waals surface area contributed by atoms with Crippen LogP contribution in [0.5, 0.6) is 5.75 Å². The normalized spacial score (nSPS) is 24.3. The van der Waals surface area contributed by atoms with E-state index in [1.807, 2.05) is 78.9 Å². The largest absolute Gasteiger partial charge is 0.497 e. The van der Waals surface area contributed by atoms with Crippen LogP contribution in [0.1, 0.15) is 47.9 Å². The topological polar surface area (TPSA) is 64.6 Å². The predicted octanol–water partition coefficient (Wildman–Crippen LogP) is 7.65. The van der Waals surface area contributed by atoms with Crippen LogP contribution in [0.3, 0.4) is 0 Å². The van der Waals surface area contributed by atoms with Gasteiger partial charge in [-0.3, -0.25) is 0 Å². The second kappa shape index (κ2) is 17.0. The molecule has 248 valence electrons. The lowest BCUT2D eigenvalue weighted by Gasteiger charge is -2.50. The van der Waals surface area contributed by atoms with Crippen molar-refractivity contribution in [2.45, 2.75) is 82.3 Å². The van der Waals surface area contributed by atoms with Crippen molar-refractivity contribution in [2.75, 3.05) is 20.3 Å². The maximum atomic E-state index is 6.93. The van der Waals surface area contributed by atoms with Gasteiger partial charge in [0.05, 0.1) is 59.0 Å². The third-order valence-corrected chi connectivity index (χ3v) is 8.79. The Morgan fingerprint density at radius 2 is 1.17 bits per heavy atom. The van der Waals surface area contributed by atoms with Gasteiger partial charge in [-0.05, 0) is 47.2 Å². The molecule has 2 heterocycles. The first-order chi connectivity index (χ1) is 23.2. The lowest BCUT2D eigenvalue weighted by molar-refractivity contribution is -0.361. The van der Waals surface area contributed by atoms with E-state index >= 15 is 0 Å². The molecule has 0 aromatic heterocycles. The first-order valence-electron chi connectivity index (χ1n) is 16.7. The van der Waals surface area contributed by atoms with Crippen molar-refractivity contribution in [1.82, 2.24) is 0 Å². The molecule has 1 spiro atoms. The average molecular weight is 639 g/mol. The van der Waals surface area contributed by atoms with Crippen molar-refractivity contribution >= 4 is 0 Å². The van der Waals surface area contributed by atoms with Crippen LogP contribution in [-0.2, 0) is 54.8 Å². The molecule has 0 unspecified atom stereocenters. The number of hydrogen-bond acceptors (Lipinski definition) is 7. The van der Waals surface area contributed by atoms with Crippen LogP contribution in [0.2, 0.25) is 0 Å². The SMILES string of the molecule is COc1ccc(COC[C@H]2CCC[C@]3(C[C@@H](OCc4ccccc4)[C@H](OCc4ccccc4)[C@@H](COCc4ccccc4)O3)O2)cc1. The van der Waals surface area contributed by atoms with Gasteiger partial charge in [-0.1, -0.05) is 103 Å². The molecule has 2 saturated heterocycles. The molecule has 0 N–H and O–H groups in total. The van der Waals surface area contributed by atoms with Crippen LogP contribution < -0.4 is 4.74 Å². The molecule has 0 bridgehead atoms. The summed E-state index contributed by atoms with van der Waals surface area (Å²) in [4.78, 5) is 0. The molecule has 6 rings (SSSR count). The van der Waals surface area contributed by atoms with Crippen LogP contribution in [0.15, 0.2) is 115 Å². The molecule has 4 aromatic carbocycles. The zero-order valence-electron chi connectivity index (χ0n) is 27.2. The number of benzene rings is 4. The second-order valence-corrected chi connectivity index (χ2v) is 12.4. The smallest absolute Gasteiger partial charge is 0.171 e. The molecule has 2 aliphatic heterocycles. The average Bonchev–Trinajstić information content (AvgIpc) is 3.12. The van der Waals surface area contributed by atoms with E-state index in [0.717, 1.165) is 47.3 Å². The standard InChI is InChI=1S/C40H46O7/c1-41-35-21-19-34(20-22-35)26-42-29-36-18-11-23-40(46-36)24-37(44-27-32-14-7-3-8-15-32)39(45-28-33-16-9-4-10-17-33)38(47-40)30-43-25-31-12-5-2-6-13-31/h2-10,12-17,19-22,36-39H,11,18,23-30H2,1H3/t36-,37-,38-,39+,40+/m1/s1. The van der Waals surface area contributed by atoms with Gasteiger partial charge in [0, 0.05) is 12.8 Å². The van der Waals surface area contributed by atoms with Crippen LogP contribution in [-0.4, -0.2) is 50.5 Å². The van der Waals surface area contributed by atoms with Crippen LogP contribution in [0.25, 0.3) is 0 Å². The number of rotatable bonds is 15. The van der Waals surface area contributed by atoms with E-state index in [9.17, 15) is 0 Å². The summed E-state index contributed by atoms with van der Waals surface area (Å²) in [6.45, 7) is 2.74. The maximum absolute atomic E-state index is 6.93. The summed E-state index contributed by atoms with van der Waals surface area (Å²) in [7, 11) is 1.67. The van der Waals surface area contributed by atoms with Gasteiger partial charge < -0.3 is 33.2 Å². The van der Waals surface area contributed by atoms with Gasteiger partial charge in [0.25, 0.3) is 0 Å². The molecule has 7 heteroatoms. The Kier molecular flexibility index (Phi) is 12.1. The van der Waals surface area contributed by atoms with Crippen molar-refractivity contribution in [2.24, 2.45) is 0 Å². The molecule has 0 saturated carbocycles. The second-order valence-electron chi connectivity index (χ2n) is 12.4. The lowest BCUT2D eigenvalue weighted by Crippen LogP contribution is -2.60. The zero-order valence-corrected chi connectivity index (χ0v) is 27.2. The van der Waals surface area contributed by atoms with Crippen molar-refractivity contribution in [3.05, 3.63) is 138 Å². The molecule has 7 nitrogen and oxygen atoms in total. The van der Waals surface area contributed by atoms with Gasteiger partial charge in [-0.25, -0.2) is 0 Å². The Morgan fingerprint density at radius 1 is 0.617 bits per heavy atom. The summed E-state index contributed by atoms with van der Waals surface area (Å²) in [6, 6.07) is 38.6. The predicted molar refractivity (Wildman–Crippen MR) is 180 cm³/mol. The molecular weight excluding hydrogens is 592 g/mol. The molecule has 5 atom stereocenters. The summed E-state index contributed by atoms with van der Waals surface area (Å²) >= 11 is 0. The van der Waals surface area contributed by atoms with Crippen LogP contribution >= 0.6 is 0 Å². The molecule has 2 fully saturated rings. The summed E-state index contributed by atoms with van der Waals surface area (Å²) in [6.07, 6.45) is 2.10. The molecule has 2 aliphatic rings. The number of hydrogen-bond donors (Lipinski definition) is 0. The minimum Gasteiger partial charge on any atom is -0.497 e. The first-order valence-corrected chi connectivity index (χ1v) is 16.7. The van der Waals surface area contributed by atoms with Crippen molar-refractivity contribution in [3.63, 3.8) is 0 Å². The van der Waals surface area contributed by atoms with E-state index < -0.39 is 11.9 Å². The van der Waals surface area contributed by atoms with E-state index in [1.54, 1.807) is 7.11 Å². The third-order valence-electron chi connectivity index (χ3n) is 8.79. The Labute approximate surface area is 278 Å². The number of methoxy groups -OCH3 is 1. The van der Waals surface area contributed by atoms with Crippen molar-refractivity contribution in [1.29, 1.82) is 0 Å². The fraction of sp³-hybridized carbons (Fsp3) is 0.400. The van der Waals surface area contributed by atoms with E-state index in [2.05, 4.69) is 36.4 Å². The van der Waals surface area contributed by atoms with Gasteiger partial charge >= 0.3 is 0 Å². The summed E-state index contributed by atoms with van der Waals surface area (Å²) in [5, 5.41) is 0. The maximum Gasteiger partial charge on any atom is 0.171 e. The monoisotopic (exact) mass is 638 g/mol. The summed E-state index contributed by atoms with van der Waals surface area (Å²) < 4.78 is 44.8. The summed E-state index contributed by atoms with van der Waals surface area (Å²) in [5.41, 5.74) is 4.41. The van der Waals surface area contributed by atoms with Crippen LogP contribution in [0.4, 0.5) is 0 Å². The molecule has 0 amide bonds. The highest BCUT2D eigenvalue weighted by Gasteiger charge is 2.51. The molecule has 47 heavy (non-hydrogen) atoms. The van der Waals surface area contributed by atoms with Gasteiger partial charge in [-0.15, -0.1) is 0 Å². The van der Waals surface area contributed by atoms with Gasteiger partial charge in [0.1, 0.15) is 18.0 Å². The number of ether oxygens (including phenoxy) is 7. The lowest BCUT2D eigenvalue weighted by atomic mass is 9.89. The molecule has 0 aliphatic carbocycles. The van der Waals surface area contributed by atoms with E-state index in [4.69, 9.17) is 33.2 Å². The van der Waals surface area contributed by atoms with E-state index in [1.165, 1.54) is 0 Å². The summed E-state index contributed by atoms with van der Waals surface area (Å²) in [5.74, 6) is 0.0133. The highest BCUT2D eigenvalue weighted by atomic mass is 16.7. The Hall–Kier alpha value is -3.56. The molecule has 4 aromatic rings. The highest BCUT2D eigenvalue weighted by Crippen LogP contribution is 2.42. The van der Waals surface area contributed by atoms with E-state index in [-0.39, 0.29) is 18.3 Å².